The first-order chi connectivity index (χ1) is 11.8. The second kappa shape index (κ2) is 7.01. The van der Waals surface area contributed by atoms with Crippen molar-refractivity contribution in [1.82, 2.24) is 4.90 Å². The Balaban J connectivity index is 2.25. The summed E-state index contributed by atoms with van der Waals surface area (Å²) >= 11 is 6.03. The van der Waals surface area contributed by atoms with Crippen molar-refractivity contribution in [2.75, 3.05) is 13.2 Å². The highest BCUT2D eigenvalue weighted by Gasteiger charge is 2.57. The highest BCUT2D eigenvalue weighted by atomic mass is 35.5. The van der Waals surface area contributed by atoms with Gasteiger partial charge in [0.05, 0.1) is 0 Å². The summed E-state index contributed by atoms with van der Waals surface area (Å²) in [6.45, 7) is 11.6. The zero-order chi connectivity index (χ0) is 19.9. The fourth-order valence-electron chi connectivity index (χ4n) is 3.89. The van der Waals surface area contributed by atoms with Crippen LogP contribution < -0.4 is 0 Å². The fraction of sp³-hybridized carbons (Fsp3) is 0.650. The summed E-state index contributed by atoms with van der Waals surface area (Å²) in [5.41, 5.74) is -1.18. The third-order valence-corrected chi connectivity index (χ3v) is 5.13. The quantitative estimate of drug-likeness (QED) is 0.812. The van der Waals surface area contributed by atoms with Gasteiger partial charge in [-0.15, -0.1) is 0 Å². The molecule has 1 amide bonds. The Morgan fingerprint density at radius 2 is 1.88 bits per heavy atom. The molecule has 0 aliphatic heterocycles. The van der Waals surface area contributed by atoms with Crippen molar-refractivity contribution in [3.8, 4) is 0 Å². The van der Waals surface area contributed by atoms with E-state index in [-0.39, 0.29) is 19.1 Å². The predicted octanol–water partition coefficient (Wildman–Crippen LogP) is 4.76. The van der Waals surface area contributed by atoms with E-state index in [4.69, 9.17) is 16.3 Å². The van der Waals surface area contributed by atoms with Crippen LogP contribution in [0.1, 0.15) is 53.5 Å². The molecule has 146 valence electrons. The minimum atomic E-state index is -0.721. The number of halogens is 2. The average molecular weight is 386 g/mol. The molecule has 1 aromatic rings. The summed E-state index contributed by atoms with van der Waals surface area (Å²) in [4.78, 5) is 14.5. The lowest BCUT2D eigenvalue weighted by Crippen LogP contribution is -2.56. The van der Waals surface area contributed by atoms with Gasteiger partial charge in [-0.25, -0.2) is 9.18 Å². The number of aliphatic hydroxyl groups is 1. The molecule has 4 nitrogen and oxygen atoms in total. The van der Waals surface area contributed by atoms with Gasteiger partial charge in [-0.3, -0.25) is 4.90 Å². The van der Waals surface area contributed by atoms with Gasteiger partial charge >= 0.3 is 6.09 Å². The number of nitrogens with zero attached hydrogens (tertiary/aromatic N) is 1. The van der Waals surface area contributed by atoms with Crippen LogP contribution in [-0.2, 0) is 10.2 Å². The van der Waals surface area contributed by atoms with E-state index in [0.29, 0.717) is 17.0 Å². The average Bonchev–Trinajstić information content (AvgIpc) is 3.19. The molecule has 1 aromatic carbocycles. The van der Waals surface area contributed by atoms with Crippen LogP contribution in [0.15, 0.2) is 18.2 Å². The van der Waals surface area contributed by atoms with Crippen molar-refractivity contribution < 1.29 is 19.0 Å². The third-order valence-electron chi connectivity index (χ3n) is 4.89. The van der Waals surface area contributed by atoms with Crippen molar-refractivity contribution in [1.29, 1.82) is 0 Å². The van der Waals surface area contributed by atoms with Gasteiger partial charge in [-0.2, -0.15) is 0 Å². The number of aliphatic hydroxyl groups excluding tert-OH is 1. The van der Waals surface area contributed by atoms with Crippen molar-refractivity contribution >= 4 is 17.7 Å². The number of carbonyl (C=O) groups is 1. The van der Waals surface area contributed by atoms with Crippen molar-refractivity contribution in [2.45, 2.75) is 64.5 Å². The Hall–Kier alpha value is -1.33. The third kappa shape index (κ3) is 4.15. The predicted molar refractivity (Wildman–Crippen MR) is 101 cm³/mol. The monoisotopic (exact) mass is 385 g/mol. The molecule has 1 fully saturated rings. The highest BCUT2D eigenvalue weighted by Crippen LogP contribution is 2.55. The largest absolute Gasteiger partial charge is 0.448 e. The van der Waals surface area contributed by atoms with Gasteiger partial charge in [-0.1, -0.05) is 11.6 Å². The summed E-state index contributed by atoms with van der Waals surface area (Å²) in [5.74, 6) is -0.550. The summed E-state index contributed by atoms with van der Waals surface area (Å²) in [5, 5.41) is 10.0. The Labute approximate surface area is 160 Å². The van der Waals surface area contributed by atoms with E-state index in [1.165, 1.54) is 12.1 Å². The molecular weight excluding hydrogens is 357 g/mol. The summed E-state index contributed by atoms with van der Waals surface area (Å²) < 4.78 is 20.0. The number of ether oxygens (including phenoxy) is 1. The summed E-state index contributed by atoms with van der Waals surface area (Å²) in [7, 11) is 0. The topological polar surface area (TPSA) is 49.8 Å². The number of amides is 1. The normalized spacial score (nSPS) is 22.9. The van der Waals surface area contributed by atoms with Crippen LogP contribution in [0.3, 0.4) is 0 Å². The van der Waals surface area contributed by atoms with E-state index in [1.54, 1.807) is 11.0 Å². The molecule has 2 atom stereocenters. The lowest BCUT2D eigenvalue weighted by Gasteiger charge is -2.44. The van der Waals surface area contributed by atoms with Gasteiger partial charge in [0, 0.05) is 28.1 Å². The molecule has 2 rings (SSSR count). The molecule has 0 aromatic heterocycles. The maximum Gasteiger partial charge on any atom is 0.410 e. The lowest BCUT2D eigenvalue weighted by molar-refractivity contribution is 0.0151. The van der Waals surface area contributed by atoms with E-state index in [0.717, 1.165) is 0 Å². The molecular formula is C20H29ClFNO3. The fourth-order valence-corrected chi connectivity index (χ4v) is 4.06. The zero-order valence-electron chi connectivity index (χ0n) is 16.4. The van der Waals surface area contributed by atoms with E-state index < -0.39 is 28.4 Å². The van der Waals surface area contributed by atoms with Gasteiger partial charge in [0.1, 0.15) is 12.4 Å². The van der Waals surface area contributed by atoms with E-state index >= 15 is 0 Å². The molecule has 1 aliphatic carbocycles. The SMILES string of the molecule is CC(C)(C)N(C(=O)OC[C@@]1(c2cc(Cl)ccc2F)C[C@H]1CO)C(C)(C)C. The van der Waals surface area contributed by atoms with E-state index in [9.17, 15) is 14.3 Å². The second-order valence-corrected chi connectivity index (χ2v) is 9.53. The van der Waals surface area contributed by atoms with Crippen LogP contribution in [0.2, 0.25) is 5.02 Å². The minimum absolute atomic E-state index is 0.0109. The van der Waals surface area contributed by atoms with Crippen LogP contribution >= 0.6 is 11.6 Å². The number of hydrogen-bond acceptors (Lipinski definition) is 3. The Morgan fingerprint density at radius 1 is 1.31 bits per heavy atom. The molecule has 0 unspecified atom stereocenters. The Kier molecular flexibility index (Phi) is 5.65. The Bertz CT molecular complexity index is 667. The summed E-state index contributed by atoms with van der Waals surface area (Å²) in [6.07, 6.45) is 0.106. The van der Waals surface area contributed by atoms with Crippen molar-refractivity contribution in [3.05, 3.63) is 34.6 Å². The number of rotatable bonds is 4. The van der Waals surface area contributed by atoms with Gasteiger partial charge in [0.2, 0.25) is 0 Å². The minimum Gasteiger partial charge on any atom is -0.448 e. The lowest BCUT2D eigenvalue weighted by atomic mass is 9.93. The first-order valence-corrected chi connectivity index (χ1v) is 9.24. The number of carbonyl (C=O) groups excluding carboxylic acids is 1. The molecule has 0 saturated heterocycles. The van der Waals surface area contributed by atoms with Crippen LogP contribution in [0.5, 0.6) is 0 Å². The first-order valence-electron chi connectivity index (χ1n) is 8.86. The maximum absolute atomic E-state index is 14.4. The van der Waals surface area contributed by atoms with Crippen LogP contribution in [0.4, 0.5) is 9.18 Å². The molecule has 6 heteroatoms. The molecule has 0 heterocycles. The summed E-state index contributed by atoms with van der Waals surface area (Å²) in [6, 6.07) is 4.35. The first kappa shape index (κ1) is 21.0. The van der Waals surface area contributed by atoms with Crippen molar-refractivity contribution in [2.24, 2.45) is 5.92 Å². The highest BCUT2D eigenvalue weighted by molar-refractivity contribution is 6.30. The Morgan fingerprint density at radius 3 is 2.35 bits per heavy atom. The van der Waals surface area contributed by atoms with Crippen LogP contribution in [0, 0.1) is 11.7 Å². The second-order valence-electron chi connectivity index (χ2n) is 9.10. The molecule has 0 bridgehead atoms. The van der Waals surface area contributed by atoms with Gasteiger partial charge in [0.15, 0.2) is 0 Å². The zero-order valence-corrected chi connectivity index (χ0v) is 17.2. The molecule has 0 radical (unpaired) electrons. The van der Waals surface area contributed by atoms with Crippen LogP contribution in [-0.4, -0.2) is 40.4 Å². The molecule has 0 spiro atoms. The standard InChI is InChI=1S/C20H29ClFNO3/c1-18(2,3)23(19(4,5)6)17(25)26-12-20(10-13(20)11-24)15-9-14(21)7-8-16(15)22/h7-9,13,24H,10-12H2,1-6H3/t13-,20-/m0/s1. The van der Waals surface area contributed by atoms with Gasteiger partial charge < -0.3 is 9.84 Å². The molecule has 26 heavy (non-hydrogen) atoms. The molecule has 1 aliphatic rings. The van der Waals surface area contributed by atoms with Gasteiger partial charge in [-0.05, 0) is 77.6 Å². The van der Waals surface area contributed by atoms with E-state index in [1.807, 2.05) is 41.5 Å². The number of hydrogen-bond donors (Lipinski definition) is 1. The van der Waals surface area contributed by atoms with Gasteiger partial charge in [0.25, 0.3) is 0 Å². The molecule has 1 saturated carbocycles. The molecule has 1 N–H and O–H groups in total. The maximum atomic E-state index is 14.4. The van der Waals surface area contributed by atoms with E-state index in [2.05, 4.69) is 0 Å². The number of benzene rings is 1. The van der Waals surface area contributed by atoms with Crippen molar-refractivity contribution in [3.63, 3.8) is 0 Å². The smallest absolute Gasteiger partial charge is 0.410 e. The van der Waals surface area contributed by atoms with Crippen LogP contribution in [0.25, 0.3) is 0 Å².